The highest BCUT2D eigenvalue weighted by molar-refractivity contribution is 5.90. The van der Waals surface area contributed by atoms with Crippen LogP contribution in [0.1, 0.15) is 20.7 Å². The smallest absolute Gasteiger partial charge is 0.338 e. The van der Waals surface area contributed by atoms with Crippen molar-refractivity contribution >= 4 is 11.9 Å². The Kier molecular flexibility index (Phi) is 6.76. The van der Waals surface area contributed by atoms with E-state index in [4.69, 9.17) is 23.7 Å². The normalized spacial score (nSPS) is 23.9. The molecule has 0 bridgehead atoms. The molecule has 0 spiro atoms. The molecule has 4 atom stereocenters. The van der Waals surface area contributed by atoms with Gasteiger partial charge in [0.05, 0.1) is 17.7 Å². The Morgan fingerprint density at radius 2 is 1.32 bits per heavy atom. The Labute approximate surface area is 163 Å². The van der Waals surface area contributed by atoms with Gasteiger partial charge in [0, 0.05) is 14.2 Å². The molecule has 1 saturated heterocycles. The zero-order chi connectivity index (χ0) is 19.9. The summed E-state index contributed by atoms with van der Waals surface area (Å²) < 4.78 is 27.5. The number of hydrogen-bond acceptors (Lipinski definition) is 7. The third-order valence-electron chi connectivity index (χ3n) is 4.34. The van der Waals surface area contributed by atoms with E-state index in [1.54, 1.807) is 60.7 Å². The lowest BCUT2D eigenvalue weighted by atomic mass is 10.1. The summed E-state index contributed by atoms with van der Waals surface area (Å²) in [5, 5.41) is 0. The van der Waals surface area contributed by atoms with Crippen LogP contribution < -0.4 is 0 Å². The third kappa shape index (κ3) is 4.56. The van der Waals surface area contributed by atoms with Gasteiger partial charge in [-0.25, -0.2) is 9.59 Å². The van der Waals surface area contributed by atoms with E-state index in [2.05, 4.69) is 0 Å². The number of methoxy groups -OCH3 is 2. The first-order valence-electron chi connectivity index (χ1n) is 8.83. The largest absolute Gasteiger partial charge is 0.452 e. The summed E-state index contributed by atoms with van der Waals surface area (Å²) in [7, 11) is 2.93. The fraction of sp³-hybridized carbons (Fsp3) is 0.333. The quantitative estimate of drug-likeness (QED) is 0.676. The minimum Gasteiger partial charge on any atom is -0.452 e. The highest BCUT2D eigenvalue weighted by atomic mass is 16.7. The Balaban J connectivity index is 1.80. The van der Waals surface area contributed by atoms with E-state index in [1.807, 2.05) is 0 Å². The Morgan fingerprint density at radius 3 is 1.79 bits per heavy atom. The number of esters is 2. The molecule has 0 unspecified atom stereocenters. The van der Waals surface area contributed by atoms with Crippen LogP contribution in [0.5, 0.6) is 0 Å². The Bertz CT molecular complexity index is 778. The summed E-state index contributed by atoms with van der Waals surface area (Å²) in [6.07, 6.45) is -3.35. The molecule has 1 aliphatic heterocycles. The SMILES string of the molecule is COC[C@@H]1O[C@H](OC)[C@H](OC(=O)c2ccccc2)[C@@H]1OC(=O)c1ccccc1. The lowest BCUT2D eigenvalue weighted by Crippen LogP contribution is -2.42. The average molecular weight is 386 g/mol. The zero-order valence-corrected chi connectivity index (χ0v) is 15.6. The minimum atomic E-state index is -0.939. The minimum absolute atomic E-state index is 0.145. The van der Waals surface area contributed by atoms with E-state index in [-0.39, 0.29) is 6.61 Å². The molecule has 3 rings (SSSR count). The number of ether oxygens (including phenoxy) is 5. The van der Waals surface area contributed by atoms with Crippen molar-refractivity contribution in [3.05, 3.63) is 71.8 Å². The van der Waals surface area contributed by atoms with Crippen LogP contribution in [0.4, 0.5) is 0 Å². The molecule has 1 heterocycles. The molecule has 2 aromatic carbocycles. The van der Waals surface area contributed by atoms with Gasteiger partial charge in [-0.3, -0.25) is 0 Å². The fourth-order valence-electron chi connectivity index (χ4n) is 2.98. The lowest BCUT2D eigenvalue weighted by molar-refractivity contribution is -0.156. The molecule has 0 N–H and O–H groups in total. The number of benzene rings is 2. The summed E-state index contributed by atoms with van der Waals surface area (Å²) in [6, 6.07) is 17.1. The van der Waals surface area contributed by atoms with Gasteiger partial charge < -0.3 is 23.7 Å². The predicted octanol–water partition coefficient (Wildman–Crippen LogP) is 2.46. The topological polar surface area (TPSA) is 80.3 Å². The third-order valence-corrected chi connectivity index (χ3v) is 4.34. The predicted molar refractivity (Wildman–Crippen MR) is 98.8 cm³/mol. The van der Waals surface area contributed by atoms with Crippen LogP contribution >= 0.6 is 0 Å². The lowest BCUT2D eigenvalue weighted by Gasteiger charge is -2.23. The van der Waals surface area contributed by atoms with E-state index in [0.29, 0.717) is 11.1 Å². The molecule has 0 radical (unpaired) electrons. The molecule has 7 heteroatoms. The van der Waals surface area contributed by atoms with Crippen molar-refractivity contribution in [2.75, 3.05) is 20.8 Å². The zero-order valence-electron chi connectivity index (χ0n) is 15.6. The standard InChI is InChI=1S/C21H22O7/c1-24-13-16-17(27-19(22)14-9-5-3-6-10-14)18(21(25-2)26-16)28-20(23)15-11-7-4-8-12-15/h3-12,16-18,21H,13H2,1-2H3/t16-,17+,18+,21-/m0/s1. The van der Waals surface area contributed by atoms with Crippen molar-refractivity contribution in [2.24, 2.45) is 0 Å². The number of carbonyl (C=O) groups excluding carboxylic acids is 2. The molecule has 0 aliphatic carbocycles. The Morgan fingerprint density at radius 1 is 0.821 bits per heavy atom. The molecule has 2 aromatic rings. The van der Waals surface area contributed by atoms with Gasteiger partial charge in [-0.1, -0.05) is 36.4 Å². The molecular formula is C21H22O7. The second-order valence-electron chi connectivity index (χ2n) is 6.21. The molecule has 0 aromatic heterocycles. The summed E-state index contributed by atoms with van der Waals surface area (Å²) in [4.78, 5) is 25.1. The first kappa shape index (κ1) is 20.0. The monoisotopic (exact) mass is 386 g/mol. The first-order chi connectivity index (χ1) is 13.6. The second-order valence-corrected chi connectivity index (χ2v) is 6.21. The average Bonchev–Trinajstić information content (AvgIpc) is 3.05. The number of rotatable bonds is 7. The summed E-state index contributed by atoms with van der Waals surface area (Å²) in [5.74, 6) is -1.11. The molecule has 148 valence electrons. The van der Waals surface area contributed by atoms with Crippen molar-refractivity contribution in [1.29, 1.82) is 0 Å². The summed E-state index contributed by atoms with van der Waals surface area (Å²) >= 11 is 0. The number of hydrogen-bond donors (Lipinski definition) is 0. The highest BCUT2D eigenvalue weighted by Crippen LogP contribution is 2.29. The van der Waals surface area contributed by atoms with Crippen molar-refractivity contribution < 1.29 is 33.3 Å². The van der Waals surface area contributed by atoms with Gasteiger partial charge in [-0.2, -0.15) is 0 Å². The highest BCUT2D eigenvalue weighted by Gasteiger charge is 2.50. The maximum Gasteiger partial charge on any atom is 0.338 e. The van der Waals surface area contributed by atoms with Gasteiger partial charge in [-0.05, 0) is 24.3 Å². The first-order valence-corrected chi connectivity index (χ1v) is 8.83. The summed E-state index contributed by atoms with van der Waals surface area (Å²) in [6.45, 7) is 0.145. The molecule has 0 saturated carbocycles. The maximum atomic E-state index is 12.5. The van der Waals surface area contributed by atoms with Gasteiger partial charge in [0.25, 0.3) is 0 Å². The van der Waals surface area contributed by atoms with Crippen molar-refractivity contribution in [3.63, 3.8) is 0 Å². The van der Waals surface area contributed by atoms with Crippen LogP contribution in [-0.2, 0) is 23.7 Å². The molecule has 28 heavy (non-hydrogen) atoms. The van der Waals surface area contributed by atoms with E-state index in [9.17, 15) is 9.59 Å². The maximum absolute atomic E-state index is 12.5. The number of carbonyl (C=O) groups is 2. The van der Waals surface area contributed by atoms with Crippen molar-refractivity contribution in [2.45, 2.75) is 24.6 Å². The van der Waals surface area contributed by atoms with E-state index >= 15 is 0 Å². The van der Waals surface area contributed by atoms with Crippen LogP contribution in [-0.4, -0.2) is 57.4 Å². The fourth-order valence-corrected chi connectivity index (χ4v) is 2.98. The molecule has 0 amide bonds. The molecule has 1 aliphatic rings. The van der Waals surface area contributed by atoms with E-state index in [1.165, 1.54) is 14.2 Å². The van der Waals surface area contributed by atoms with Crippen LogP contribution in [0.3, 0.4) is 0 Å². The molecule has 1 fully saturated rings. The summed E-state index contributed by atoms with van der Waals surface area (Å²) in [5.41, 5.74) is 0.758. The van der Waals surface area contributed by atoms with Crippen LogP contribution in [0, 0.1) is 0 Å². The van der Waals surface area contributed by atoms with Gasteiger partial charge in [0.15, 0.2) is 18.5 Å². The molecular weight excluding hydrogens is 364 g/mol. The van der Waals surface area contributed by atoms with E-state index < -0.39 is 36.5 Å². The van der Waals surface area contributed by atoms with Gasteiger partial charge in [0.2, 0.25) is 0 Å². The van der Waals surface area contributed by atoms with Gasteiger partial charge in [-0.15, -0.1) is 0 Å². The van der Waals surface area contributed by atoms with E-state index in [0.717, 1.165) is 0 Å². The van der Waals surface area contributed by atoms with Crippen molar-refractivity contribution in [3.8, 4) is 0 Å². The Hall–Kier alpha value is -2.74. The van der Waals surface area contributed by atoms with Gasteiger partial charge >= 0.3 is 11.9 Å². The van der Waals surface area contributed by atoms with Crippen LogP contribution in [0.25, 0.3) is 0 Å². The van der Waals surface area contributed by atoms with Crippen LogP contribution in [0.15, 0.2) is 60.7 Å². The second kappa shape index (κ2) is 9.45. The van der Waals surface area contributed by atoms with Crippen LogP contribution in [0.2, 0.25) is 0 Å². The molecule has 7 nitrogen and oxygen atoms in total. The van der Waals surface area contributed by atoms with Gasteiger partial charge in [0.1, 0.15) is 6.10 Å². The van der Waals surface area contributed by atoms with Crippen molar-refractivity contribution in [1.82, 2.24) is 0 Å².